The molecule has 5 nitrogen and oxygen atoms in total. The van der Waals surface area contributed by atoms with E-state index < -0.39 is 0 Å². The summed E-state index contributed by atoms with van der Waals surface area (Å²) < 4.78 is 0. The number of hydrogen-bond donors (Lipinski definition) is 2. The summed E-state index contributed by atoms with van der Waals surface area (Å²) in [7, 11) is 0. The molecule has 2 N–H and O–H groups in total. The first-order chi connectivity index (χ1) is 12.5. The third-order valence-corrected chi connectivity index (χ3v) is 4.34. The molecule has 1 amide bonds. The maximum Gasteiger partial charge on any atom is 0.270 e. The van der Waals surface area contributed by atoms with Crippen molar-refractivity contribution in [2.24, 2.45) is 0 Å². The molecule has 0 atom stereocenters. The van der Waals surface area contributed by atoms with Gasteiger partial charge in [-0.1, -0.05) is 53.0 Å². The maximum atomic E-state index is 12.3. The van der Waals surface area contributed by atoms with Gasteiger partial charge < -0.3 is 10.6 Å². The minimum Gasteiger partial charge on any atom is -0.347 e. The number of rotatable bonds is 5. The summed E-state index contributed by atoms with van der Waals surface area (Å²) >= 11 is 11.9. The van der Waals surface area contributed by atoms with Gasteiger partial charge in [0.25, 0.3) is 5.91 Å². The monoisotopic (exact) mass is 386 g/mol. The fourth-order valence-electron chi connectivity index (χ4n) is 2.34. The van der Waals surface area contributed by atoms with E-state index in [1.165, 1.54) is 6.20 Å². The van der Waals surface area contributed by atoms with Gasteiger partial charge >= 0.3 is 0 Å². The molecule has 0 saturated heterocycles. The fourth-order valence-corrected chi connectivity index (χ4v) is 2.64. The molecule has 0 aliphatic heterocycles. The molecular formula is C19H16Cl2N4O. The molecule has 7 heteroatoms. The zero-order chi connectivity index (χ0) is 18.5. The first kappa shape index (κ1) is 18.2. The van der Waals surface area contributed by atoms with Crippen molar-refractivity contribution in [1.82, 2.24) is 15.3 Å². The van der Waals surface area contributed by atoms with Crippen molar-refractivity contribution in [1.29, 1.82) is 0 Å². The Morgan fingerprint density at radius 1 is 1.08 bits per heavy atom. The number of hydrogen-bond acceptors (Lipinski definition) is 4. The van der Waals surface area contributed by atoms with Crippen LogP contribution in [0.15, 0.2) is 54.7 Å². The van der Waals surface area contributed by atoms with Gasteiger partial charge in [-0.15, -0.1) is 0 Å². The fraction of sp³-hybridized carbons (Fsp3) is 0.105. The van der Waals surface area contributed by atoms with Gasteiger partial charge in [0, 0.05) is 18.4 Å². The first-order valence-electron chi connectivity index (χ1n) is 7.90. The van der Waals surface area contributed by atoms with Gasteiger partial charge in [-0.3, -0.25) is 4.79 Å². The quantitative estimate of drug-likeness (QED) is 0.662. The van der Waals surface area contributed by atoms with Crippen LogP contribution < -0.4 is 10.6 Å². The summed E-state index contributed by atoms with van der Waals surface area (Å²) in [5, 5.41) is 6.74. The molecule has 0 spiro atoms. The lowest BCUT2D eigenvalue weighted by Crippen LogP contribution is -2.24. The number of halogens is 2. The van der Waals surface area contributed by atoms with Gasteiger partial charge in [-0.05, 0) is 36.8 Å². The standard InChI is InChI=1S/C19H16Cl2N4O/c1-12-3-2-4-13(9-12)11-23-18(26)17-7-8-22-19(25-17)24-14-5-6-15(20)16(21)10-14/h2-10H,11H2,1H3,(H,23,26)(H,22,24,25). The van der Waals surface area contributed by atoms with E-state index in [1.807, 2.05) is 31.2 Å². The second-order valence-corrected chi connectivity index (χ2v) is 6.51. The lowest BCUT2D eigenvalue weighted by Gasteiger charge is -2.08. The van der Waals surface area contributed by atoms with Crippen LogP contribution >= 0.6 is 23.2 Å². The molecule has 3 rings (SSSR count). The number of carbonyl (C=O) groups excluding carboxylic acids is 1. The molecule has 0 fully saturated rings. The summed E-state index contributed by atoms with van der Waals surface area (Å²) in [6, 6.07) is 14.6. The van der Waals surface area contributed by atoms with E-state index in [9.17, 15) is 4.79 Å². The van der Waals surface area contributed by atoms with Crippen molar-refractivity contribution >= 4 is 40.7 Å². The smallest absolute Gasteiger partial charge is 0.270 e. The molecule has 2 aromatic carbocycles. The Balaban J connectivity index is 1.67. The molecule has 0 unspecified atom stereocenters. The van der Waals surface area contributed by atoms with Crippen LogP contribution in [0.5, 0.6) is 0 Å². The van der Waals surface area contributed by atoms with Crippen LogP contribution in [0.2, 0.25) is 10.0 Å². The molecule has 3 aromatic rings. The van der Waals surface area contributed by atoms with Crippen LogP contribution in [0.1, 0.15) is 21.6 Å². The zero-order valence-electron chi connectivity index (χ0n) is 14.0. The van der Waals surface area contributed by atoms with Crippen LogP contribution in [-0.4, -0.2) is 15.9 Å². The van der Waals surface area contributed by atoms with E-state index >= 15 is 0 Å². The second-order valence-electron chi connectivity index (χ2n) is 5.69. The van der Waals surface area contributed by atoms with Crippen LogP contribution in [-0.2, 0) is 6.54 Å². The average molecular weight is 387 g/mol. The molecule has 0 aliphatic rings. The van der Waals surface area contributed by atoms with Crippen LogP contribution in [0.25, 0.3) is 0 Å². The van der Waals surface area contributed by atoms with Gasteiger partial charge in [0.05, 0.1) is 10.0 Å². The van der Waals surface area contributed by atoms with Gasteiger partial charge in [0.2, 0.25) is 5.95 Å². The normalized spacial score (nSPS) is 10.4. The van der Waals surface area contributed by atoms with Gasteiger partial charge in [-0.2, -0.15) is 0 Å². The Morgan fingerprint density at radius 3 is 2.69 bits per heavy atom. The average Bonchev–Trinajstić information content (AvgIpc) is 2.63. The third-order valence-electron chi connectivity index (χ3n) is 3.60. The van der Waals surface area contributed by atoms with E-state index in [2.05, 4.69) is 20.6 Å². The Labute approximate surface area is 161 Å². The largest absolute Gasteiger partial charge is 0.347 e. The number of aryl methyl sites for hydroxylation is 1. The number of nitrogens with one attached hydrogen (secondary N) is 2. The third kappa shape index (κ3) is 4.71. The molecule has 26 heavy (non-hydrogen) atoms. The van der Waals surface area contributed by atoms with Crippen molar-refractivity contribution in [3.63, 3.8) is 0 Å². The Bertz CT molecular complexity index is 946. The highest BCUT2D eigenvalue weighted by Crippen LogP contribution is 2.26. The molecule has 1 heterocycles. The van der Waals surface area contributed by atoms with Crippen molar-refractivity contribution < 1.29 is 4.79 Å². The van der Waals surface area contributed by atoms with E-state index in [0.29, 0.717) is 28.2 Å². The van der Waals surface area contributed by atoms with E-state index in [-0.39, 0.29) is 11.6 Å². The SMILES string of the molecule is Cc1cccc(CNC(=O)c2ccnc(Nc3ccc(Cl)c(Cl)c3)n2)c1. The molecule has 132 valence electrons. The van der Waals surface area contributed by atoms with Crippen molar-refractivity contribution in [2.45, 2.75) is 13.5 Å². The van der Waals surface area contributed by atoms with Crippen molar-refractivity contribution in [2.75, 3.05) is 5.32 Å². The molecular weight excluding hydrogens is 371 g/mol. The highest BCUT2D eigenvalue weighted by Gasteiger charge is 2.09. The van der Waals surface area contributed by atoms with Gasteiger partial charge in [-0.25, -0.2) is 9.97 Å². The molecule has 1 aromatic heterocycles. The number of carbonyl (C=O) groups is 1. The summed E-state index contributed by atoms with van der Waals surface area (Å²) in [5.41, 5.74) is 3.13. The number of benzene rings is 2. The topological polar surface area (TPSA) is 66.9 Å². The molecule has 0 aliphatic carbocycles. The molecule has 0 radical (unpaired) electrons. The van der Waals surface area contributed by atoms with E-state index in [0.717, 1.165) is 11.1 Å². The first-order valence-corrected chi connectivity index (χ1v) is 8.66. The van der Waals surface area contributed by atoms with Gasteiger partial charge in [0.1, 0.15) is 5.69 Å². The van der Waals surface area contributed by atoms with Crippen LogP contribution in [0, 0.1) is 6.92 Å². The lowest BCUT2D eigenvalue weighted by molar-refractivity contribution is 0.0946. The number of amides is 1. The molecule has 0 bridgehead atoms. The number of nitrogens with zero attached hydrogens (tertiary/aromatic N) is 2. The van der Waals surface area contributed by atoms with E-state index in [1.54, 1.807) is 24.3 Å². The minimum absolute atomic E-state index is 0.272. The maximum absolute atomic E-state index is 12.3. The van der Waals surface area contributed by atoms with Crippen molar-refractivity contribution in [3.8, 4) is 0 Å². The summed E-state index contributed by atoms with van der Waals surface area (Å²) in [6.45, 7) is 2.44. The van der Waals surface area contributed by atoms with Crippen LogP contribution in [0.3, 0.4) is 0 Å². The predicted octanol–water partition coefficient (Wildman–Crippen LogP) is 4.77. The Kier molecular flexibility index (Phi) is 5.71. The number of anilines is 2. The Hall–Kier alpha value is -2.63. The number of aromatic nitrogens is 2. The Morgan fingerprint density at radius 2 is 1.92 bits per heavy atom. The minimum atomic E-state index is -0.272. The summed E-state index contributed by atoms with van der Waals surface area (Å²) in [4.78, 5) is 20.7. The van der Waals surface area contributed by atoms with Crippen LogP contribution in [0.4, 0.5) is 11.6 Å². The highest BCUT2D eigenvalue weighted by molar-refractivity contribution is 6.42. The lowest BCUT2D eigenvalue weighted by atomic mass is 10.1. The molecule has 0 saturated carbocycles. The predicted molar refractivity (Wildman–Crippen MR) is 104 cm³/mol. The summed E-state index contributed by atoms with van der Waals surface area (Å²) in [5.74, 6) is 0.0256. The van der Waals surface area contributed by atoms with Crippen molar-refractivity contribution in [3.05, 3.63) is 81.6 Å². The zero-order valence-corrected chi connectivity index (χ0v) is 15.5. The highest BCUT2D eigenvalue weighted by atomic mass is 35.5. The van der Waals surface area contributed by atoms with E-state index in [4.69, 9.17) is 23.2 Å². The van der Waals surface area contributed by atoms with Gasteiger partial charge in [0.15, 0.2) is 0 Å². The summed E-state index contributed by atoms with van der Waals surface area (Å²) in [6.07, 6.45) is 1.52. The second kappa shape index (κ2) is 8.17.